The molecule has 3 heterocycles. The standard InChI is InChI=1S/C18H22N4O2S3/c1-12-9-15(13(2)22(12)10-14-5-4-8-25-14)16(23)11-26-18-21-20-17(27-18)19-6-7-24-3/h4-5,8-9H,6-7,10-11H2,1-3H3,(H,19,20). The average molecular weight is 423 g/mol. The average Bonchev–Trinajstić information content (AvgIpc) is 3.38. The summed E-state index contributed by atoms with van der Waals surface area (Å²) in [5.74, 6) is 0.477. The molecule has 3 rings (SSSR count). The van der Waals surface area contributed by atoms with Crippen LogP contribution < -0.4 is 5.32 Å². The van der Waals surface area contributed by atoms with Crippen LogP contribution in [0, 0.1) is 13.8 Å². The molecule has 0 spiro atoms. The minimum atomic E-state index is 0.120. The van der Waals surface area contributed by atoms with Gasteiger partial charge in [0.1, 0.15) is 0 Å². The van der Waals surface area contributed by atoms with Crippen LogP contribution >= 0.6 is 34.4 Å². The number of nitrogens with one attached hydrogen (secondary N) is 1. The maximum atomic E-state index is 12.7. The van der Waals surface area contributed by atoms with Gasteiger partial charge in [-0.1, -0.05) is 29.2 Å². The predicted molar refractivity (Wildman–Crippen MR) is 113 cm³/mol. The van der Waals surface area contributed by atoms with Crippen LogP contribution in [0.5, 0.6) is 0 Å². The van der Waals surface area contributed by atoms with E-state index in [-0.39, 0.29) is 5.78 Å². The summed E-state index contributed by atoms with van der Waals surface area (Å²) in [5, 5.41) is 14.2. The van der Waals surface area contributed by atoms with Crippen LogP contribution in [0.25, 0.3) is 0 Å². The molecule has 0 unspecified atom stereocenters. The number of thioether (sulfide) groups is 1. The molecule has 0 aromatic carbocycles. The van der Waals surface area contributed by atoms with Crippen molar-refractivity contribution in [3.8, 4) is 0 Å². The van der Waals surface area contributed by atoms with Crippen molar-refractivity contribution < 1.29 is 9.53 Å². The second-order valence-electron chi connectivity index (χ2n) is 5.95. The number of ketones is 1. The number of aryl methyl sites for hydroxylation is 1. The molecule has 3 aromatic heterocycles. The van der Waals surface area contributed by atoms with Gasteiger partial charge in [-0.05, 0) is 31.4 Å². The molecule has 9 heteroatoms. The minimum Gasteiger partial charge on any atom is -0.383 e. The lowest BCUT2D eigenvalue weighted by Crippen LogP contribution is -2.07. The summed E-state index contributed by atoms with van der Waals surface area (Å²) in [6.07, 6.45) is 0. The summed E-state index contributed by atoms with van der Waals surface area (Å²) in [6.45, 7) is 6.17. The van der Waals surface area contributed by atoms with E-state index in [0.717, 1.165) is 33.0 Å². The Labute approximate surface area is 171 Å². The molecule has 0 aliphatic rings. The first-order chi connectivity index (χ1) is 13.1. The molecule has 0 atom stereocenters. The van der Waals surface area contributed by atoms with E-state index in [1.165, 1.54) is 28.0 Å². The van der Waals surface area contributed by atoms with E-state index in [9.17, 15) is 4.79 Å². The van der Waals surface area contributed by atoms with Crippen molar-refractivity contribution in [2.75, 3.05) is 31.3 Å². The second kappa shape index (κ2) is 9.50. The Morgan fingerprint density at radius 3 is 2.96 bits per heavy atom. The van der Waals surface area contributed by atoms with E-state index >= 15 is 0 Å². The number of ether oxygens (including phenoxy) is 1. The maximum Gasteiger partial charge on any atom is 0.206 e. The lowest BCUT2D eigenvalue weighted by Gasteiger charge is -2.08. The summed E-state index contributed by atoms with van der Waals surface area (Å²) in [5.41, 5.74) is 2.92. The molecule has 0 aliphatic carbocycles. The van der Waals surface area contributed by atoms with Gasteiger partial charge in [-0.25, -0.2) is 0 Å². The second-order valence-corrected chi connectivity index (χ2v) is 9.19. The molecule has 0 saturated carbocycles. The molecule has 27 heavy (non-hydrogen) atoms. The number of nitrogens with zero attached hydrogens (tertiary/aromatic N) is 3. The van der Waals surface area contributed by atoms with Gasteiger partial charge < -0.3 is 14.6 Å². The fourth-order valence-corrected chi connectivity index (χ4v) is 5.04. The number of rotatable bonds is 10. The smallest absolute Gasteiger partial charge is 0.206 e. The number of aromatic nitrogens is 3. The molecular formula is C18H22N4O2S3. The van der Waals surface area contributed by atoms with Gasteiger partial charge in [0.05, 0.1) is 18.9 Å². The van der Waals surface area contributed by atoms with Crippen LogP contribution in [0.15, 0.2) is 27.9 Å². The van der Waals surface area contributed by atoms with Gasteiger partial charge in [0.2, 0.25) is 5.13 Å². The summed E-state index contributed by atoms with van der Waals surface area (Å²) in [7, 11) is 1.66. The number of thiophene rings is 1. The van der Waals surface area contributed by atoms with Crippen molar-refractivity contribution in [1.82, 2.24) is 14.8 Å². The van der Waals surface area contributed by atoms with Crippen LogP contribution in [0.1, 0.15) is 26.6 Å². The maximum absolute atomic E-state index is 12.7. The minimum absolute atomic E-state index is 0.120. The van der Waals surface area contributed by atoms with Crippen molar-refractivity contribution in [3.05, 3.63) is 45.4 Å². The fraction of sp³-hybridized carbons (Fsp3) is 0.389. The van der Waals surface area contributed by atoms with Crippen LogP contribution in [0.4, 0.5) is 5.13 Å². The zero-order valence-corrected chi connectivity index (χ0v) is 18.0. The molecule has 3 aromatic rings. The Balaban J connectivity index is 1.60. The monoisotopic (exact) mass is 422 g/mol. The lowest BCUT2D eigenvalue weighted by atomic mass is 10.2. The third-order valence-corrected chi connectivity index (χ3v) is 6.96. The molecule has 0 amide bonds. The summed E-state index contributed by atoms with van der Waals surface area (Å²) < 4.78 is 7.99. The lowest BCUT2D eigenvalue weighted by molar-refractivity contribution is 0.102. The number of hydrogen-bond donors (Lipinski definition) is 1. The van der Waals surface area contributed by atoms with E-state index in [2.05, 4.69) is 37.6 Å². The highest BCUT2D eigenvalue weighted by Gasteiger charge is 2.17. The fourth-order valence-electron chi connectivity index (χ4n) is 2.69. The first-order valence-corrected chi connectivity index (χ1v) is 11.2. The zero-order valence-electron chi connectivity index (χ0n) is 15.5. The van der Waals surface area contributed by atoms with Crippen LogP contribution in [-0.4, -0.2) is 46.6 Å². The number of hydrogen-bond acceptors (Lipinski definition) is 8. The Hall–Kier alpha value is -1.68. The molecule has 0 aliphatic heterocycles. The topological polar surface area (TPSA) is 69.0 Å². The SMILES string of the molecule is COCCNc1nnc(SCC(=O)c2cc(C)n(Cc3cccs3)c2C)s1. The quantitative estimate of drug-likeness (QED) is 0.301. The molecule has 0 radical (unpaired) electrons. The molecular weight excluding hydrogens is 400 g/mol. The summed E-state index contributed by atoms with van der Waals surface area (Å²) >= 11 is 4.62. The molecule has 0 fully saturated rings. The molecule has 1 N–H and O–H groups in total. The third-order valence-electron chi connectivity index (χ3n) is 4.08. The highest BCUT2D eigenvalue weighted by Crippen LogP contribution is 2.27. The van der Waals surface area contributed by atoms with E-state index < -0.39 is 0 Å². The molecule has 144 valence electrons. The third kappa shape index (κ3) is 5.19. The van der Waals surface area contributed by atoms with Gasteiger partial charge >= 0.3 is 0 Å². The highest BCUT2D eigenvalue weighted by atomic mass is 32.2. The van der Waals surface area contributed by atoms with Gasteiger partial charge in [-0.15, -0.1) is 21.5 Å². The van der Waals surface area contributed by atoms with Gasteiger partial charge in [0, 0.05) is 35.5 Å². The highest BCUT2D eigenvalue weighted by molar-refractivity contribution is 8.01. The van der Waals surface area contributed by atoms with Crippen molar-refractivity contribution in [3.63, 3.8) is 0 Å². The Morgan fingerprint density at radius 1 is 1.37 bits per heavy atom. The van der Waals surface area contributed by atoms with Crippen molar-refractivity contribution in [1.29, 1.82) is 0 Å². The molecule has 6 nitrogen and oxygen atoms in total. The van der Waals surface area contributed by atoms with Crippen molar-refractivity contribution in [2.45, 2.75) is 24.7 Å². The zero-order chi connectivity index (χ0) is 19.2. The first kappa shape index (κ1) is 20.1. The van der Waals surface area contributed by atoms with E-state index in [1.54, 1.807) is 18.4 Å². The van der Waals surface area contributed by atoms with Crippen LogP contribution in [0.2, 0.25) is 0 Å². The normalized spacial score (nSPS) is 11.1. The number of carbonyl (C=O) groups excluding carboxylic acids is 1. The van der Waals surface area contributed by atoms with Gasteiger partial charge in [-0.3, -0.25) is 4.79 Å². The predicted octanol–water partition coefficient (Wildman–Crippen LogP) is 4.10. The van der Waals surface area contributed by atoms with E-state index in [0.29, 0.717) is 18.9 Å². The van der Waals surface area contributed by atoms with Gasteiger partial charge in [-0.2, -0.15) is 0 Å². The van der Waals surface area contributed by atoms with Crippen molar-refractivity contribution in [2.24, 2.45) is 0 Å². The van der Waals surface area contributed by atoms with Gasteiger partial charge in [0.25, 0.3) is 0 Å². The van der Waals surface area contributed by atoms with Crippen LogP contribution in [-0.2, 0) is 11.3 Å². The largest absolute Gasteiger partial charge is 0.383 e. The Kier molecular flexibility index (Phi) is 7.06. The summed E-state index contributed by atoms with van der Waals surface area (Å²) in [4.78, 5) is 14.0. The number of carbonyl (C=O) groups is 1. The number of methoxy groups -OCH3 is 1. The molecule has 0 saturated heterocycles. The number of anilines is 1. The Bertz CT molecular complexity index is 887. The van der Waals surface area contributed by atoms with E-state index in [4.69, 9.17) is 4.74 Å². The molecule has 0 bridgehead atoms. The van der Waals surface area contributed by atoms with Crippen molar-refractivity contribution >= 4 is 45.4 Å². The van der Waals surface area contributed by atoms with Crippen LogP contribution in [0.3, 0.4) is 0 Å². The summed E-state index contributed by atoms with van der Waals surface area (Å²) in [6, 6.07) is 6.16. The van der Waals surface area contributed by atoms with Gasteiger partial charge in [0.15, 0.2) is 10.1 Å². The first-order valence-electron chi connectivity index (χ1n) is 8.50. The Morgan fingerprint density at radius 2 is 2.22 bits per heavy atom. The van der Waals surface area contributed by atoms with E-state index in [1.807, 2.05) is 19.9 Å². The number of Topliss-reactive ketones (excluding diaryl/α,β-unsaturated/α-hetero) is 1.